The summed E-state index contributed by atoms with van der Waals surface area (Å²) in [5, 5.41) is 1.94. The molecule has 0 aromatic carbocycles. The van der Waals surface area contributed by atoms with E-state index in [0.717, 1.165) is 30.8 Å². The summed E-state index contributed by atoms with van der Waals surface area (Å²) in [5.41, 5.74) is 1.17. The Morgan fingerprint density at radius 1 is 1.57 bits per heavy atom. The number of likely N-dealkylation sites (tertiary alicyclic amines) is 1. The second kappa shape index (κ2) is 3.96. The molecule has 0 bridgehead atoms. The largest absolute Gasteiger partial charge is 0.334 e. The Hall–Kier alpha value is -1.09. The van der Waals surface area contributed by atoms with Crippen LogP contribution in [0.25, 0.3) is 0 Å². The zero-order valence-corrected chi connectivity index (χ0v) is 8.85. The normalized spacial score (nSPS) is 17.1. The van der Waals surface area contributed by atoms with E-state index < -0.39 is 0 Å². The number of thiophene rings is 1. The van der Waals surface area contributed by atoms with Crippen molar-refractivity contribution in [1.29, 1.82) is 0 Å². The van der Waals surface area contributed by atoms with Crippen LogP contribution in [-0.2, 0) is 0 Å². The molecule has 14 heavy (non-hydrogen) atoms. The van der Waals surface area contributed by atoms with Gasteiger partial charge in [0.05, 0.1) is 4.88 Å². The Balaban J connectivity index is 2.08. The van der Waals surface area contributed by atoms with Gasteiger partial charge in [-0.2, -0.15) is 0 Å². The van der Waals surface area contributed by atoms with E-state index in [1.165, 1.54) is 16.9 Å². The quantitative estimate of drug-likeness (QED) is 0.648. The molecule has 0 spiro atoms. The predicted octanol–water partition coefficient (Wildman–Crippen LogP) is 2.54. The molecule has 74 valence electrons. The van der Waals surface area contributed by atoms with Crippen molar-refractivity contribution in [2.24, 2.45) is 0 Å². The second-order valence-electron chi connectivity index (χ2n) is 3.56. The molecule has 0 radical (unpaired) electrons. The molecular weight excluding hydrogens is 194 g/mol. The summed E-state index contributed by atoms with van der Waals surface area (Å²) < 4.78 is 0. The van der Waals surface area contributed by atoms with Crippen LogP contribution in [0.3, 0.4) is 0 Å². The molecule has 1 aliphatic heterocycles. The van der Waals surface area contributed by atoms with Crippen molar-refractivity contribution in [3.8, 4) is 0 Å². The first-order valence-electron chi connectivity index (χ1n) is 4.77. The number of nitrogens with zero attached hydrogens (tertiary/aromatic N) is 1. The lowest BCUT2D eigenvalue weighted by molar-refractivity contribution is 0.0757. The Morgan fingerprint density at radius 3 is 3.07 bits per heavy atom. The SMILES string of the molecule is C=C1CCCN(C(=O)c2cccs2)C1. The number of rotatable bonds is 1. The number of piperidine rings is 1. The van der Waals surface area contributed by atoms with Crippen LogP contribution in [0, 0.1) is 0 Å². The summed E-state index contributed by atoms with van der Waals surface area (Å²) in [7, 11) is 0. The molecular formula is C11H13NOS. The van der Waals surface area contributed by atoms with Crippen molar-refractivity contribution >= 4 is 17.2 Å². The zero-order valence-electron chi connectivity index (χ0n) is 8.03. The summed E-state index contributed by atoms with van der Waals surface area (Å²) >= 11 is 1.51. The zero-order chi connectivity index (χ0) is 9.97. The van der Waals surface area contributed by atoms with Gasteiger partial charge in [0, 0.05) is 13.1 Å². The molecule has 1 fully saturated rings. The van der Waals surface area contributed by atoms with Gasteiger partial charge in [-0.3, -0.25) is 4.79 Å². The molecule has 2 rings (SSSR count). The minimum atomic E-state index is 0.154. The number of amides is 1. The van der Waals surface area contributed by atoms with Gasteiger partial charge in [-0.05, 0) is 24.3 Å². The molecule has 1 aromatic heterocycles. The Morgan fingerprint density at radius 2 is 2.43 bits per heavy atom. The lowest BCUT2D eigenvalue weighted by atomic mass is 10.1. The molecule has 1 amide bonds. The molecule has 0 saturated carbocycles. The van der Waals surface area contributed by atoms with Crippen LogP contribution in [0.5, 0.6) is 0 Å². The van der Waals surface area contributed by atoms with Crippen LogP contribution >= 0.6 is 11.3 Å². The van der Waals surface area contributed by atoms with Crippen LogP contribution in [0.1, 0.15) is 22.5 Å². The second-order valence-corrected chi connectivity index (χ2v) is 4.51. The first kappa shape index (κ1) is 9.46. The Bertz CT molecular complexity index is 342. The standard InChI is InChI=1S/C11H13NOS/c1-9-4-2-6-12(8-9)11(13)10-5-3-7-14-10/h3,5,7H,1-2,4,6,8H2. The maximum atomic E-state index is 11.9. The van der Waals surface area contributed by atoms with E-state index in [1.807, 2.05) is 22.4 Å². The maximum Gasteiger partial charge on any atom is 0.264 e. The first-order chi connectivity index (χ1) is 6.77. The van der Waals surface area contributed by atoms with Gasteiger partial charge < -0.3 is 4.90 Å². The van der Waals surface area contributed by atoms with Crippen LogP contribution in [0.2, 0.25) is 0 Å². The average molecular weight is 207 g/mol. The Kier molecular flexibility index (Phi) is 2.68. The number of hydrogen-bond acceptors (Lipinski definition) is 2. The van der Waals surface area contributed by atoms with Gasteiger partial charge in [-0.25, -0.2) is 0 Å². The third-order valence-electron chi connectivity index (χ3n) is 2.39. The average Bonchev–Trinajstić information content (AvgIpc) is 2.69. The van der Waals surface area contributed by atoms with E-state index in [4.69, 9.17) is 0 Å². The van der Waals surface area contributed by atoms with E-state index in [-0.39, 0.29) is 5.91 Å². The smallest absolute Gasteiger partial charge is 0.264 e. The van der Waals surface area contributed by atoms with Crippen LogP contribution in [-0.4, -0.2) is 23.9 Å². The number of carbonyl (C=O) groups excluding carboxylic acids is 1. The maximum absolute atomic E-state index is 11.9. The van der Waals surface area contributed by atoms with Gasteiger partial charge in [-0.1, -0.05) is 18.2 Å². The van der Waals surface area contributed by atoms with Gasteiger partial charge in [0.2, 0.25) is 0 Å². The number of hydrogen-bond donors (Lipinski definition) is 0. The van der Waals surface area contributed by atoms with Crippen LogP contribution in [0.4, 0.5) is 0 Å². The third-order valence-corrected chi connectivity index (χ3v) is 3.25. The molecule has 1 aliphatic rings. The summed E-state index contributed by atoms with van der Waals surface area (Å²) in [4.78, 5) is 14.6. The van der Waals surface area contributed by atoms with Crippen molar-refractivity contribution in [2.45, 2.75) is 12.8 Å². The molecule has 1 saturated heterocycles. The van der Waals surface area contributed by atoms with Crippen molar-refractivity contribution < 1.29 is 4.79 Å². The van der Waals surface area contributed by atoms with E-state index in [1.54, 1.807) is 0 Å². The highest BCUT2D eigenvalue weighted by molar-refractivity contribution is 7.12. The minimum Gasteiger partial charge on any atom is -0.334 e. The molecule has 0 atom stereocenters. The minimum absolute atomic E-state index is 0.154. The van der Waals surface area contributed by atoms with E-state index >= 15 is 0 Å². The first-order valence-corrected chi connectivity index (χ1v) is 5.65. The van der Waals surface area contributed by atoms with Crippen molar-refractivity contribution in [2.75, 3.05) is 13.1 Å². The molecule has 1 aromatic rings. The highest BCUT2D eigenvalue weighted by atomic mass is 32.1. The monoisotopic (exact) mass is 207 g/mol. The van der Waals surface area contributed by atoms with Gasteiger partial charge >= 0.3 is 0 Å². The summed E-state index contributed by atoms with van der Waals surface area (Å²) in [6.07, 6.45) is 2.12. The van der Waals surface area contributed by atoms with Crippen molar-refractivity contribution in [1.82, 2.24) is 4.90 Å². The summed E-state index contributed by atoms with van der Waals surface area (Å²) in [6, 6.07) is 3.79. The topological polar surface area (TPSA) is 20.3 Å². The van der Waals surface area contributed by atoms with Crippen molar-refractivity contribution in [3.63, 3.8) is 0 Å². The molecule has 2 nitrogen and oxygen atoms in total. The van der Waals surface area contributed by atoms with Crippen molar-refractivity contribution in [3.05, 3.63) is 34.5 Å². The van der Waals surface area contributed by atoms with E-state index in [9.17, 15) is 4.79 Å². The summed E-state index contributed by atoms with van der Waals surface area (Å²) in [5.74, 6) is 0.154. The number of carbonyl (C=O) groups is 1. The molecule has 0 N–H and O–H groups in total. The molecule has 0 aliphatic carbocycles. The third kappa shape index (κ3) is 1.87. The summed E-state index contributed by atoms with van der Waals surface area (Å²) in [6.45, 7) is 5.54. The van der Waals surface area contributed by atoms with Gasteiger partial charge in [0.25, 0.3) is 5.91 Å². The van der Waals surface area contributed by atoms with Crippen LogP contribution in [0.15, 0.2) is 29.7 Å². The lowest BCUT2D eigenvalue weighted by Crippen LogP contribution is -2.36. The van der Waals surface area contributed by atoms with E-state index in [0.29, 0.717) is 0 Å². The van der Waals surface area contributed by atoms with Crippen LogP contribution < -0.4 is 0 Å². The fourth-order valence-electron chi connectivity index (χ4n) is 1.68. The van der Waals surface area contributed by atoms with Gasteiger partial charge in [0.1, 0.15) is 0 Å². The van der Waals surface area contributed by atoms with E-state index in [2.05, 4.69) is 6.58 Å². The highest BCUT2D eigenvalue weighted by Gasteiger charge is 2.20. The lowest BCUT2D eigenvalue weighted by Gasteiger charge is -2.27. The molecule has 0 unspecified atom stereocenters. The highest BCUT2D eigenvalue weighted by Crippen LogP contribution is 2.18. The molecule has 3 heteroatoms. The predicted molar refractivity (Wildman–Crippen MR) is 58.6 cm³/mol. The van der Waals surface area contributed by atoms with Gasteiger partial charge in [0.15, 0.2) is 0 Å². The molecule has 2 heterocycles. The fourth-order valence-corrected chi connectivity index (χ4v) is 2.37. The Labute approximate surface area is 87.9 Å². The fraction of sp³-hybridized carbons (Fsp3) is 0.364. The van der Waals surface area contributed by atoms with Gasteiger partial charge in [-0.15, -0.1) is 11.3 Å².